The van der Waals surface area contributed by atoms with E-state index in [2.05, 4.69) is 10.1 Å². The minimum Gasteiger partial charge on any atom is -0.465 e. The van der Waals surface area contributed by atoms with Crippen molar-refractivity contribution >= 4 is 22.5 Å². The van der Waals surface area contributed by atoms with Crippen LogP contribution in [-0.4, -0.2) is 32.2 Å². The molecule has 0 atom stereocenters. The summed E-state index contributed by atoms with van der Waals surface area (Å²) in [5, 5.41) is 4.80. The number of hydrogen-bond acceptors (Lipinski definition) is 5. The van der Waals surface area contributed by atoms with Gasteiger partial charge in [-0.05, 0) is 31.5 Å². The normalized spacial score (nSPS) is 11.2. The third kappa shape index (κ3) is 2.21. The summed E-state index contributed by atoms with van der Waals surface area (Å²) in [7, 11) is 1.31. The molecule has 4 aromatic rings. The summed E-state index contributed by atoms with van der Waals surface area (Å²) in [4.78, 5) is 29.3. The lowest BCUT2D eigenvalue weighted by Gasteiger charge is -2.10. The van der Waals surface area contributed by atoms with Crippen molar-refractivity contribution in [2.45, 2.75) is 13.8 Å². The molecule has 7 heteroatoms. The molecule has 4 rings (SSSR count). The Morgan fingerprint density at radius 1 is 1.15 bits per heavy atom. The predicted octanol–water partition coefficient (Wildman–Crippen LogP) is 2.44. The van der Waals surface area contributed by atoms with Gasteiger partial charge in [-0.1, -0.05) is 18.2 Å². The Kier molecular flexibility index (Phi) is 3.57. The van der Waals surface area contributed by atoms with Crippen LogP contribution in [-0.2, 0) is 4.74 Å². The van der Waals surface area contributed by atoms with Crippen molar-refractivity contribution in [1.29, 1.82) is 0 Å². The Labute approximate surface area is 148 Å². The largest absolute Gasteiger partial charge is 0.465 e. The number of para-hydroxylation sites is 1. The molecule has 0 bridgehead atoms. The molecule has 3 heterocycles. The maximum atomic E-state index is 13.0. The van der Waals surface area contributed by atoms with E-state index in [4.69, 9.17) is 4.74 Å². The number of carbonyl (C=O) groups excluding carboxylic acids is 1. The first-order valence-corrected chi connectivity index (χ1v) is 8.07. The van der Waals surface area contributed by atoms with Gasteiger partial charge in [-0.25, -0.2) is 14.3 Å². The number of benzene rings is 1. The highest BCUT2D eigenvalue weighted by atomic mass is 16.5. The van der Waals surface area contributed by atoms with Gasteiger partial charge in [0.15, 0.2) is 5.65 Å². The van der Waals surface area contributed by atoms with Gasteiger partial charge in [-0.2, -0.15) is 5.10 Å². The molecule has 0 radical (unpaired) electrons. The highest BCUT2D eigenvalue weighted by Gasteiger charge is 2.21. The van der Waals surface area contributed by atoms with Gasteiger partial charge in [0.05, 0.1) is 29.4 Å². The number of carbonyl (C=O) groups is 1. The standard InChI is InChI=1S/C19H16N4O3/c1-11-6-4-5-7-14(11)22-9-8-15-13(18(22)24)10-20-17-16(19(25)26-3)12(2)21-23(15)17/h4-10H,1-3H3. The second-order valence-electron chi connectivity index (χ2n) is 6.02. The number of fused-ring (bicyclic) bond motifs is 3. The first-order chi connectivity index (χ1) is 12.5. The van der Waals surface area contributed by atoms with Crippen LogP contribution in [0.5, 0.6) is 0 Å². The number of nitrogens with zero attached hydrogens (tertiary/aromatic N) is 4. The van der Waals surface area contributed by atoms with Gasteiger partial charge >= 0.3 is 5.97 Å². The molecule has 0 unspecified atom stereocenters. The summed E-state index contributed by atoms with van der Waals surface area (Å²) in [5.41, 5.74) is 3.37. The summed E-state index contributed by atoms with van der Waals surface area (Å²) >= 11 is 0. The average Bonchev–Trinajstić information content (AvgIpc) is 2.98. The van der Waals surface area contributed by atoms with Crippen LogP contribution in [0.25, 0.3) is 22.2 Å². The molecule has 3 aromatic heterocycles. The van der Waals surface area contributed by atoms with E-state index in [1.54, 1.807) is 23.8 Å². The third-order valence-corrected chi connectivity index (χ3v) is 4.45. The molecule has 7 nitrogen and oxygen atoms in total. The topological polar surface area (TPSA) is 78.5 Å². The van der Waals surface area contributed by atoms with E-state index >= 15 is 0 Å². The summed E-state index contributed by atoms with van der Waals surface area (Å²) < 4.78 is 7.91. The zero-order valence-corrected chi connectivity index (χ0v) is 14.6. The van der Waals surface area contributed by atoms with Crippen LogP contribution in [0.4, 0.5) is 0 Å². The monoisotopic (exact) mass is 348 g/mol. The smallest absolute Gasteiger partial charge is 0.343 e. The van der Waals surface area contributed by atoms with Crippen molar-refractivity contribution in [3.63, 3.8) is 0 Å². The van der Waals surface area contributed by atoms with E-state index in [1.807, 2.05) is 31.2 Å². The predicted molar refractivity (Wildman–Crippen MR) is 96.9 cm³/mol. The van der Waals surface area contributed by atoms with Crippen LogP contribution in [0.3, 0.4) is 0 Å². The molecule has 0 aliphatic rings. The van der Waals surface area contributed by atoms with E-state index in [1.165, 1.54) is 17.8 Å². The molecule has 26 heavy (non-hydrogen) atoms. The number of hydrogen-bond donors (Lipinski definition) is 0. The van der Waals surface area contributed by atoms with Gasteiger partial charge in [0, 0.05) is 12.4 Å². The molecule has 0 spiro atoms. The van der Waals surface area contributed by atoms with Crippen LogP contribution in [0, 0.1) is 13.8 Å². The van der Waals surface area contributed by atoms with Gasteiger partial charge in [0.25, 0.3) is 5.56 Å². The Balaban J connectivity index is 2.04. The molecule has 0 amide bonds. The number of rotatable bonds is 2. The minimum absolute atomic E-state index is 0.195. The second-order valence-corrected chi connectivity index (χ2v) is 6.02. The van der Waals surface area contributed by atoms with E-state index in [0.29, 0.717) is 27.8 Å². The molecule has 0 aliphatic heterocycles. The third-order valence-electron chi connectivity index (χ3n) is 4.45. The SMILES string of the molecule is COC(=O)c1c(C)nn2c1ncc1c(=O)n(-c3ccccc3C)ccc12. The van der Waals surface area contributed by atoms with E-state index in [-0.39, 0.29) is 5.56 Å². The molecule has 0 fully saturated rings. The Hall–Kier alpha value is -3.48. The van der Waals surface area contributed by atoms with Gasteiger partial charge in [-0.3, -0.25) is 9.36 Å². The van der Waals surface area contributed by atoms with Crippen LogP contribution in [0.15, 0.2) is 47.5 Å². The fourth-order valence-electron chi connectivity index (χ4n) is 3.14. The van der Waals surface area contributed by atoms with Gasteiger partial charge in [-0.15, -0.1) is 0 Å². The molecular weight excluding hydrogens is 332 g/mol. The minimum atomic E-state index is -0.502. The number of aryl methyl sites for hydroxylation is 2. The Morgan fingerprint density at radius 2 is 1.92 bits per heavy atom. The summed E-state index contributed by atoms with van der Waals surface area (Å²) in [5.74, 6) is -0.502. The van der Waals surface area contributed by atoms with Crippen LogP contribution >= 0.6 is 0 Å². The number of esters is 1. The Morgan fingerprint density at radius 3 is 2.65 bits per heavy atom. The highest BCUT2D eigenvalue weighted by molar-refractivity contribution is 5.98. The van der Waals surface area contributed by atoms with E-state index in [9.17, 15) is 9.59 Å². The van der Waals surface area contributed by atoms with Crippen molar-refractivity contribution in [2.75, 3.05) is 7.11 Å². The number of pyridine rings is 1. The zero-order valence-electron chi connectivity index (χ0n) is 14.6. The maximum Gasteiger partial charge on any atom is 0.343 e. The quantitative estimate of drug-likeness (QED) is 0.520. The summed E-state index contributed by atoms with van der Waals surface area (Å²) in [6, 6.07) is 9.46. The first kappa shape index (κ1) is 16.0. The van der Waals surface area contributed by atoms with Gasteiger partial charge in [0.2, 0.25) is 0 Å². The highest BCUT2D eigenvalue weighted by Crippen LogP contribution is 2.20. The van der Waals surface area contributed by atoms with Gasteiger partial charge in [0.1, 0.15) is 5.56 Å². The molecule has 0 N–H and O–H groups in total. The van der Waals surface area contributed by atoms with E-state index in [0.717, 1.165) is 11.3 Å². The lowest BCUT2D eigenvalue weighted by Crippen LogP contribution is -2.19. The van der Waals surface area contributed by atoms with Crippen molar-refractivity contribution in [1.82, 2.24) is 19.2 Å². The summed E-state index contributed by atoms with van der Waals surface area (Å²) in [6.07, 6.45) is 3.19. The van der Waals surface area contributed by atoms with Crippen LogP contribution < -0.4 is 5.56 Å². The first-order valence-electron chi connectivity index (χ1n) is 8.07. The lowest BCUT2D eigenvalue weighted by molar-refractivity contribution is 0.0602. The van der Waals surface area contributed by atoms with Gasteiger partial charge < -0.3 is 4.74 Å². The van der Waals surface area contributed by atoms with Crippen molar-refractivity contribution in [3.05, 3.63) is 69.9 Å². The van der Waals surface area contributed by atoms with Crippen LogP contribution in [0.1, 0.15) is 21.6 Å². The number of methoxy groups -OCH3 is 1. The Bertz CT molecular complexity index is 1240. The van der Waals surface area contributed by atoms with Crippen LogP contribution in [0.2, 0.25) is 0 Å². The second kappa shape index (κ2) is 5.80. The molecular formula is C19H16N4O3. The molecule has 0 saturated carbocycles. The zero-order chi connectivity index (χ0) is 18.4. The fourth-order valence-corrected chi connectivity index (χ4v) is 3.14. The molecule has 1 aromatic carbocycles. The molecule has 0 aliphatic carbocycles. The van der Waals surface area contributed by atoms with Crippen molar-refractivity contribution in [3.8, 4) is 5.69 Å². The number of ether oxygens (including phenoxy) is 1. The van der Waals surface area contributed by atoms with E-state index < -0.39 is 5.97 Å². The van der Waals surface area contributed by atoms with Crippen molar-refractivity contribution in [2.24, 2.45) is 0 Å². The molecule has 0 saturated heterocycles. The molecule has 130 valence electrons. The maximum absolute atomic E-state index is 13.0. The summed E-state index contributed by atoms with van der Waals surface area (Å²) in [6.45, 7) is 3.66. The fraction of sp³-hybridized carbons (Fsp3) is 0.158. The number of aromatic nitrogens is 4. The van der Waals surface area contributed by atoms with Crippen molar-refractivity contribution < 1.29 is 9.53 Å². The average molecular weight is 348 g/mol. The lowest BCUT2D eigenvalue weighted by atomic mass is 10.2.